The van der Waals surface area contributed by atoms with Crippen molar-refractivity contribution in [3.63, 3.8) is 0 Å². The van der Waals surface area contributed by atoms with Crippen molar-refractivity contribution in [1.29, 1.82) is 0 Å². The molecular formula is C25H34N4O3. The third-order valence-electron chi connectivity index (χ3n) is 6.73. The quantitative estimate of drug-likeness (QED) is 0.555. The number of ether oxygens (including phenoxy) is 1. The summed E-state index contributed by atoms with van der Waals surface area (Å²) in [5.41, 5.74) is 9.72. The van der Waals surface area contributed by atoms with Crippen molar-refractivity contribution in [2.45, 2.75) is 38.4 Å². The summed E-state index contributed by atoms with van der Waals surface area (Å²) in [5.74, 6) is 0.842. The summed E-state index contributed by atoms with van der Waals surface area (Å²) in [7, 11) is 0. The second kappa shape index (κ2) is 10.3. The van der Waals surface area contributed by atoms with E-state index in [-0.39, 0.29) is 18.2 Å². The van der Waals surface area contributed by atoms with Gasteiger partial charge >= 0.3 is 6.03 Å². The molecule has 2 amide bonds. The van der Waals surface area contributed by atoms with Crippen molar-refractivity contribution in [2.24, 2.45) is 11.7 Å². The van der Waals surface area contributed by atoms with E-state index in [9.17, 15) is 9.90 Å². The van der Waals surface area contributed by atoms with E-state index in [4.69, 9.17) is 10.5 Å². The molecular weight excluding hydrogens is 404 g/mol. The maximum atomic E-state index is 12.0. The molecule has 32 heavy (non-hydrogen) atoms. The van der Waals surface area contributed by atoms with Gasteiger partial charge in [0.05, 0.1) is 12.2 Å². The number of benzene rings is 2. The fraction of sp³-hybridized carbons (Fsp3) is 0.480. The van der Waals surface area contributed by atoms with E-state index in [1.165, 1.54) is 0 Å². The summed E-state index contributed by atoms with van der Waals surface area (Å²) >= 11 is 0. The van der Waals surface area contributed by atoms with Gasteiger partial charge in [-0.25, -0.2) is 4.79 Å². The SMILES string of the molecule is Cc1ccc2c(c1O)CC(C1CCN(CCNC(=O)Nc3ccccc3)CC1)OC2CN. The zero-order valence-corrected chi connectivity index (χ0v) is 18.7. The lowest BCUT2D eigenvalue weighted by atomic mass is 9.83. The van der Waals surface area contributed by atoms with Gasteiger partial charge in [-0.3, -0.25) is 0 Å². The number of aromatic hydroxyl groups is 1. The molecule has 0 aromatic heterocycles. The zero-order valence-electron chi connectivity index (χ0n) is 18.7. The lowest BCUT2D eigenvalue weighted by Gasteiger charge is -2.40. The second-order valence-electron chi connectivity index (χ2n) is 8.83. The molecule has 0 spiro atoms. The van der Waals surface area contributed by atoms with Gasteiger partial charge < -0.3 is 31.1 Å². The standard InChI is InChI=1S/C25H34N4O3/c1-17-7-8-20-21(24(17)30)15-22(32-23(20)16-26)18-9-12-29(13-10-18)14-11-27-25(31)28-19-5-3-2-4-6-19/h2-8,18,22-23,30H,9-16,26H2,1H3,(H2,27,28,31). The van der Waals surface area contributed by atoms with Crippen molar-refractivity contribution < 1.29 is 14.6 Å². The van der Waals surface area contributed by atoms with Gasteiger partial charge in [0.1, 0.15) is 5.75 Å². The Bertz CT molecular complexity index is 913. The van der Waals surface area contributed by atoms with E-state index in [0.717, 1.165) is 61.3 Å². The average molecular weight is 439 g/mol. The summed E-state index contributed by atoms with van der Waals surface area (Å²) in [6, 6.07) is 13.2. The third-order valence-corrected chi connectivity index (χ3v) is 6.73. The molecule has 2 unspecified atom stereocenters. The number of rotatable bonds is 6. The van der Waals surface area contributed by atoms with Crippen molar-refractivity contribution >= 4 is 11.7 Å². The number of phenols is 1. The molecule has 0 radical (unpaired) electrons. The van der Waals surface area contributed by atoms with E-state index >= 15 is 0 Å². The Morgan fingerprint density at radius 2 is 1.94 bits per heavy atom. The molecule has 2 heterocycles. The maximum absolute atomic E-state index is 12.0. The highest BCUT2D eigenvalue weighted by atomic mass is 16.5. The lowest BCUT2D eigenvalue weighted by molar-refractivity contribution is -0.0645. The highest BCUT2D eigenvalue weighted by molar-refractivity contribution is 5.89. The summed E-state index contributed by atoms with van der Waals surface area (Å²) in [4.78, 5) is 14.4. The fourth-order valence-electron chi connectivity index (χ4n) is 4.85. The van der Waals surface area contributed by atoms with Gasteiger partial charge in [-0.2, -0.15) is 0 Å². The molecule has 5 N–H and O–H groups in total. The van der Waals surface area contributed by atoms with E-state index in [2.05, 4.69) is 15.5 Å². The number of piperidine rings is 1. The number of likely N-dealkylation sites (tertiary alicyclic amines) is 1. The summed E-state index contributed by atoms with van der Waals surface area (Å²) in [6.45, 7) is 5.75. The minimum absolute atomic E-state index is 0.0840. The molecule has 7 heteroatoms. The highest BCUT2D eigenvalue weighted by Crippen LogP contribution is 2.40. The van der Waals surface area contributed by atoms with Crippen LogP contribution in [0.25, 0.3) is 0 Å². The van der Waals surface area contributed by atoms with E-state index in [1.807, 2.05) is 49.4 Å². The van der Waals surface area contributed by atoms with E-state index in [1.54, 1.807) is 0 Å². The van der Waals surface area contributed by atoms with Crippen LogP contribution in [0.15, 0.2) is 42.5 Å². The van der Waals surface area contributed by atoms with Gasteiger partial charge in [0, 0.05) is 37.3 Å². The smallest absolute Gasteiger partial charge is 0.319 e. The molecule has 2 aromatic carbocycles. The molecule has 0 saturated carbocycles. The van der Waals surface area contributed by atoms with Crippen LogP contribution in [0.1, 0.15) is 35.6 Å². The van der Waals surface area contributed by atoms with Crippen molar-refractivity contribution in [3.05, 3.63) is 59.2 Å². The molecule has 172 valence electrons. The van der Waals surface area contributed by atoms with Crippen molar-refractivity contribution in [3.8, 4) is 5.75 Å². The Morgan fingerprint density at radius 3 is 2.66 bits per heavy atom. The third kappa shape index (κ3) is 5.23. The summed E-state index contributed by atoms with van der Waals surface area (Å²) in [5, 5.41) is 16.4. The van der Waals surface area contributed by atoms with Gasteiger partial charge in [0.15, 0.2) is 0 Å². The Morgan fingerprint density at radius 1 is 1.19 bits per heavy atom. The summed E-state index contributed by atoms with van der Waals surface area (Å²) < 4.78 is 6.38. The van der Waals surface area contributed by atoms with E-state index < -0.39 is 0 Å². The van der Waals surface area contributed by atoms with Crippen LogP contribution in [0, 0.1) is 12.8 Å². The van der Waals surface area contributed by atoms with Gasteiger partial charge in [-0.05, 0) is 62.0 Å². The number of amides is 2. The second-order valence-corrected chi connectivity index (χ2v) is 8.83. The van der Waals surface area contributed by atoms with Crippen LogP contribution >= 0.6 is 0 Å². The maximum Gasteiger partial charge on any atom is 0.319 e. The molecule has 0 bridgehead atoms. The first-order valence-electron chi connectivity index (χ1n) is 11.5. The Labute approximate surface area is 189 Å². The molecule has 0 aliphatic carbocycles. The van der Waals surface area contributed by atoms with Crippen LogP contribution in [0.2, 0.25) is 0 Å². The largest absolute Gasteiger partial charge is 0.507 e. The lowest BCUT2D eigenvalue weighted by Crippen LogP contribution is -2.44. The number of para-hydroxylation sites is 1. The first-order valence-corrected chi connectivity index (χ1v) is 11.5. The number of nitrogens with zero attached hydrogens (tertiary/aromatic N) is 1. The molecule has 1 saturated heterocycles. The van der Waals surface area contributed by atoms with Crippen molar-refractivity contribution in [1.82, 2.24) is 10.2 Å². The predicted octanol–water partition coefficient (Wildman–Crippen LogP) is 3.18. The van der Waals surface area contributed by atoms with Crippen LogP contribution in [-0.2, 0) is 11.2 Å². The number of nitrogens with one attached hydrogen (secondary N) is 2. The average Bonchev–Trinajstić information content (AvgIpc) is 2.82. The topological polar surface area (TPSA) is 99.8 Å². The minimum atomic E-state index is -0.178. The van der Waals surface area contributed by atoms with Gasteiger partial charge in [0.2, 0.25) is 0 Å². The van der Waals surface area contributed by atoms with Gasteiger partial charge in [0.25, 0.3) is 0 Å². The minimum Gasteiger partial charge on any atom is -0.507 e. The molecule has 4 rings (SSSR count). The van der Waals surface area contributed by atoms with E-state index in [0.29, 0.717) is 24.8 Å². The number of aryl methyl sites for hydroxylation is 1. The first-order chi connectivity index (χ1) is 15.5. The number of carbonyl (C=O) groups is 1. The summed E-state index contributed by atoms with van der Waals surface area (Å²) in [6.07, 6.45) is 2.76. The van der Waals surface area contributed by atoms with Crippen molar-refractivity contribution in [2.75, 3.05) is 38.0 Å². The predicted molar refractivity (Wildman–Crippen MR) is 126 cm³/mol. The number of fused-ring (bicyclic) bond motifs is 1. The van der Waals surface area contributed by atoms with Crippen LogP contribution < -0.4 is 16.4 Å². The molecule has 7 nitrogen and oxygen atoms in total. The number of hydrogen-bond donors (Lipinski definition) is 4. The number of urea groups is 1. The molecule has 2 atom stereocenters. The Kier molecular flexibility index (Phi) is 7.29. The fourth-order valence-corrected chi connectivity index (χ4v) is 4.85. The van der Waals surface area contributed by atoms with Crippen LogP contribution in [0.3, 0.4) is 0 Å². The van der Waals surface area contributed by atoms with Gasteiger partial charge in [-0.1, -0.05) is 30.3 Å². The number of carbonyl (C=O) groups excluding carboxylic acids is 1. The normalized spacial score (nSPS) is 21.7. The first kappa shape index (κ1) is 22.6. The van der Waals surface area contributed by atoms with Crippen LogP contribution in [-0.4, -0.2) is 54.9 Å². The number of phenolic OH excluding ortho intramolecular Hbond substituents is 1. The highest BCUT2D eigenvalue weighted by Gasteiger charge is 2.35. The number of hydrogen-bond acceptors (Lipinski definition) is 5. The Hall–Kier alpha value is -2.61. The zero-order chi connectivity index (χ0) is 22.5. The number of anilines is 1. The number of nitrogens with two attached hydrogens (primary N) is 1. The molecule has 2 aliphatic rings. The monoisotopic (exact) mass is 438 g/mol. The Balaban J connectivity index is 1.24. The molecule has 2 aliphatic heterocycles. The molecule has 1 fully saturated rings. The van der Waals surface area contributed by atoms with Crippen LogP contribution in [0.5, 0.6) is 5.75 Å². The van der Waals surface area contributed by atoms with Gasteiger partial charge in [-0.15, -0.1) is 0 Å². The molecule has 2 aromatic rings. The van der Waals surface area contributed by atoms with Crippen LogP contribution in [0.4, 0.5) is 10.5 Å².